The van der Waals surface area contributed by atoms with Crippen LogP contribution in [0.2, 0.25) is 0 Å². The van der Waals surface area contributed by atoms with Gasteiger partial charge in [-0.2, -0.15) is 0 Å². The zero-order chi connectivity index (χ0) is 16.2. The number of nitrogens with two attached hydrogens (primary N) is 1. The SMILES string of the molecule is Cc1ccc2c(C[NH2+]C3CCCCCCC3)cc(=O)oc2c1C. The molecule has 2 aromatic rings. The van der Waals surface area contributed by atoms with Crippen LogP contribution in [-0.4, -0.2) is 6.04 Å². The van der Waals surface area contributed by atoms with Gasteiger partial charge in [-0.3, -0.25) is 0 Å². The number of aryl methyl sites for hydroxylation is 2. The molecule has 0 saturated heterocycles. The van der Waals surface area contributed by atoms with E-state index in [1.54, 1.807) is 6.07 Å². The van der Waals surface area contributed by atoms with Gasteiger partial charge in [-0.05, 0) is 50.7 Å². The summed E-state index contributed by atoms with van der Waals surface area (Å²) in [6, 6.07) is 6.60. The molecule has 3 rings (SSSR count). The van der Waals surface area contributed by atoms with Crippen molar-refractivity contribution in [2.75, 3.05) is 0 Å². The second-order valence-corrected chi connectivity index (χ2v) is 7.02. The van der Waals surface area contributed by atoms with E-state index in [4.69, 9.17) is 4.42 Å². The molecule has 0 radical (unpaired) electrons. The van der Waals surface area contributed by atoms with Gasteiger partial charge in [-0.25, -0.2) is 4.79 Å². The van der Waals surface area contributed by atoms with Crippen LogP contribution in [0.5, 0.6) is 0 Å². The summed E-state index contributed by atoms with van der Waals surface area (Å²) in [5.74, 6) is 0. The lowest BCUT2D eigenvalue weighted by Crippen LogP contribution is -2.88. The Morgan fingerprint density at radius 1 is 1.09 bits per heavy atom. The molecule has 0 aliphatic heterocycles. The number of benzene rings is 1. The first kappa shape index (κ1) is 16.3. The van der Waals surface area contributed by atoms with Crippen molar-refractivity contribution in [1.29, 1.82) is 0 Å². The molecule has 0 bridgehead atoms. The van der Waals surface area contributed by atoms with E-state index in [0.29, 0.717) is 6.04 Å². The highest BCUT2D eigenvalue weighted by Gasteiger charge is 2.16. The van der Waals surface area contributed by atoms with Crippen molar-refractivity contribution in [3.63, 3.8) is 0 Å². The molecule has 1 aromatic heterocycles. The first-order valence-corrected chi connectivity index (χ1v) is 9.01. The predicted molar refractivity (Wildman–Crippen MR) is 93.7 cm³/mol. The number of quaternary nitrogens is 1. The van der Waals surface area contributed by atoms with Crippen molar-refractivity contribution in [3.8, 4) is 0 Å². The van der Waals surface area contributed by atoms with Gasteiger partial charge < -0.3 is 9.73 Å². The van der Waals surface area contributed by atoms with Crippen molar-refractivity contribution < 1.29 is 9.73 Å². The summed E-state index contributed by atoms with van der Waals surface area (Å²) in [5, 5.41) is 3.53. The summed E-state index contributed by atoms with van der Waals surface area (Å²) in [4.78, 5) is 11.9. The maximum atomic E-state index is 11.9. The monoisotopic (exact) mass is 314 g/mol. The van der Waals surface area contributed by atoms with Crippen molar-refractivity contribution >= 4 is 11.0 Å². The molecular formula is C20H28NO2+. The molecule has 0 atom stereocenters. The van der Waals surface area contributed by atoms with Crippen LogP contribution in [0, 0.1) is 13.8 Å². The Hall–Kier alpha value is -1.61. The first-order valence-electron chi connectivity index (χ1n) is 9.01. The molecule has 124 valence electrons. The highest BCUT2D eigenvalue weighted by Crippen LogP contribution is 2.23. The van der Waals surface area contributed by atoms with Crippen LogP contribution < -0.4 is 10.9 Å². The Balaban J connectivity index is 1.82. The fraction of sp³-hybridized carbons (Fsp3) is 0.550. The Labute approximate surface area is 138 Å². The lowest BCUT2D eigenvalue weighted by molar-refractivity contribution is -0.705. The van der Waals surface area contributed by atoms with Gasteiger partial charge in [0.15, 0.2) is 0 Å². The third kappa shape index (κ3) is 3.84. The zero-order valence-electron chi connectivity index (χ0n) is 14.4. The summed E-state index contributed by atoms with van der Waals surface area (Å²) < 4.78 is 5.47. The number of hydrogen-bond donors (Lipinski definition) is 1. The lowest BCUT2D eigenvalue weighted by atomic mass is 9.96. The standard InChI is InChI=1S/C20H27NO2/c1-14-10-11-18-16(12-19(22)23-20(18)15(14)2)13-21-17-8-6-4-3-5-7-9-17/h10-12,17,21H,3-9,13H2,1-2H3/p+1. The van der Waals surface area contributed by atoms with Crippen molar-refractivity contribution in [2.45, 2.75) is 71.4 Å². The predicted octanol–water partition coefficient (Wildman–Crippen LogP) is 3.59. The second-order valence-electron chi connectivity index (χ2n) is 7.02. The van der Waals surface area contributed by atoms with E-state index in [9.17, 15) is 4.79 Å². The molecule has 1 saturated carbocycles. The van der Waals surface area contributed by atoms with E-state index in [-0.39, 0.29) is 5.63 Å². The van der Waals surface area contributed by atoms with Gasteiger partial charge in [-0.15, -0.1) is 0 Å². The maximum Gasteiger partial charge on any atom is 0.336 e. The van der Waals surface area contributed by atoms with Gasteiger partial charge >= 0.3 is 5.63 Å². The minimum atomic E-state index is -0.229. The van der Waals surface area contributed by atoms with Crippen LogP contribution >= 0.6 is 0 Å². The average molecular weight is 314 g/mol. The van der Waals surface area contributed by atoms with Gasteiger partial charge in [0, 0.05) is 17.0 Å². The number of hydrogen-bond acceptors (Lipinski definition) is 2. The topological polar surface area (TPSA) is 46.8 Å². The molecule has 1 aromatic carbocycles. The molecule has 0 spiro atoms. The molecular weight excluding hydrogens is 286 g/mol. The van der Waals surface area contributed by atoms with Crippen LogP contribution in [0.3, 0.4) is 0 Å². The van der Waals surface area contributed by atoms with Crippen LogP contribution in [0.25, 0.3) is 11.0 Å². The molecule has 1 aliphatic rings. The Morgan fingerprint density at radius 2 is 1.78 bits per heavy atom. The number of fused-ring (bicyclic) bond motifs is 1. The Kier molecular flexibility index (Phi) is 5.16. The molecule has 3 nitrogen and oxygen atoms in total. The fourth-order valence-corrected chi connectivity index (χ4v) is 3.71. The highest BCUT2D eigenvalue weighted by molar-refractivity contribution is 5.83. The minimum Gasteiger partial charge on any atom is -0.422 e. The normalized spacial score (nSPS) is 17.1. The summed E-state index contributed by atoms with van der Waals surface area (Å²) >= 11 is 0. The average Bonchev–Trinajstić information content (AvgIpc) is 2.50. The Bertz CT molecular complexity index is 724. The second kappa shape index (κ2) is 7.31. The van der Waals surface area contributed by atoms with Gasteiger partial charge in [0.25, 0.3) is 0 Å². The lowest BCUT2D eigenvalue weighted by Gasteiger charge is -2.18. The molecule has 1 heterocycles. The zero-order valence-corrected chi connectivity index (χ0v) is 14.4. The van der Waals surface area contributed by atoms with E-state index in [1.165, 1.54) is 50.5 Å². The molecule has 23 heavy (non-hydrogen) atoms. The highest BCUT2D eigenvalue weighted by atomic mass is 16.4. The van der Waals surface area contributed by atoms with Crippen LogP contribution in [0.4, 0.5) is 0 Å². The maximum absolute atomic E-state index is 11.9. The quantitative estimate of drug-likeness (QED) is 0.880. The van der Waals surface area contributed by atoms with Crippen molar-refractivity contribution in [1.82, 2.24) is 0 Å². The van der Waals surface area contributed by atoms with E-state index in [1.807, 2.05) is 6.92 Å². The number of rotatable bonds is 3. The van der Waals surface area contributed by atoms with Crippen molar-refractivity contribution in [3.05, 3.63) is 45.3 Å². The van der Waals surface area contributed by atoms with Gasteiger partial charge in [-0.1, -0.05) is 31.4 Å². The summed E-state index contributed by atoms with van der Waals surface area (Å²) in [6.45, 7) is 4.96. The third-order valence-electron chi connectivity index (χ3n) is 5.34. The van der Waals surface area contributed by atoms with Crippen LogP contribution in [0.15, 0.2) is 27.4 Å². The van der Waals surface area contributed by atoms with Gasteiger partial charge in [0.05, 0.1) is 6.04 Å². The Morgan fingerprint density at radius 3 is 2.52 bits per heavy atom. The summed E-state index contributed by atoms with van der Waals surface area (Å²) in [7, 11) is 0. The molecule has 1 aliphatic carbocycles. The third-order valence-corrected chi connectivity index (χ3v) is 5.34. The van der Waals surface area contributed by atoms with Crippen LogP contribution in [-0.2, 0) is 6.54 Å². The van der Waals surface area contributed by atoms with E-state index >= 15 is 0 Å². The van der Waals surface area contributed by atoms with Crippen LogP contribution in [0.1, 0.15) is 61.6 Å². The van der Waals surface area contributed by atoms with Gasteiger partial charge in [0.2, 0.25) is 0 Å². The van der Waals surface area contributed by atoms with E-state index in [2.05, 4.69) is 24.4 Å². The van der Waals surface area contributed by atoms with E-state index in [0.717, 1.165) is 28.6 Å². The molecule has 3 heteroatoms. The van der Waals surface area contributed by atoms with E-state index < -0.39 is 0 Å². The summed E-state index contributed by atoms with van der Waals surface area (Å²) in [5.41, 5.74) is 3.89. The molecule has 0 amide bonds. The largest absolute Gasteiger partial charge is 0.422 e. The fourth-order valence-electron chi connectivity index (χ4n) is 3.71. The molecule has 0 unspecified atom stereocenters. The molecule has 1 fully saturated rings. The minimum absolute atomic E-state index is 0.229. The van der Waals surface area contributed by atoms with Gasteiger partial charge in [0.1, 0.15) is 12.1 Å². The van der Waals surface area contributed by atoms with Crippen molar-refractivity contribution in [2.24, 2.45) is 0 Å². The summed E-state index contributed by atoms with van der Waals surface area (Å²) in [6.07, 6.45) is 9.44. The molecule has 2 N–H and O–H groups in total. The first-order chi connectivity index (χ1) is 11.1. The smallest absolute Gasteiger partial charge is 0.336 e.